The first-order valence-electron chi connectivity index (χ1n) is 7.40. The molecule has 2 aromatic carbocycles. The highest BCUT2D eigenvalue weighted by atomic mass is 79.9. The number of esters is 1. The standard InChI is InChI=1S/C18H14BrFN2O3/c1-25-18(24)13-9-22(16-5-3-2-4-12(13)16)10-17(23)21-15-7-6-11(19)8-14(15)20/h2-9H,10H2,1H3,(H,21,23). The Morgan fingerprint density at radius 2 is 2.00 bits per heavy atom. The molecule has 0 saturated carbocycles. The molecule has 0 aliphatic rings. The second-order valence-corrected chi connectivity index (χ2v) is 6.27. The van der Waals surface area contributed by atoms with Gasteiger partial charge in [-0.15, -0.1) is 0 Å². The number of carbonyl (C=O) groups excluding carboxylic acids is 2. The lowest BCUT2D eigenvalue weighted by Gasteiger charge is -2.08. The molecule has 5 nitrogen and oxygen atoms in total. The number of fused-ring (bicyclic) bond motifs is 1. The van der Waals surface area contributed by atoms with Crippen molar-refractivity contribution in [2.24, 2.45) is 0 Å². The van der Waals surface area contributed by atoms with Crippen LogP contribution in [0.25, 0.3) is 10.9 Å². The lowest BCUT2D eigenvalue weighted by Crippen LogP contribution is -2.19. The second kappa shape index (κ2) is 7.06. The Labute approximate surface area is 151 Å². The van der Waals surface area contributed by atoms with Crippen LogP contribution in [0.3, 0.4) is 0 Å². The average Bonchev–Trinajstić information content (AvgIpc) is 2.95. The third kappa shape index (κ3) is 3.56. The molecule has 0 bridgehead atoms. The Balaban J connectivity index is 1.87. The van der Waals surface area contributed by atoms with Crippen molar-refractivity contribution in [1.29, 1.82) is 0 Å². The highest BCUT2D eigenvalue weighted by Gasteiger charge is 2.17. The van der Waals surface area contributed by atoms with Crippen molar-refractivity contribution in [2.45, 2.75) is 6.54 Å². The van der Waals surface area contributed by atoms with Crippen LogP contribution in [0.2, 0.25) is 0 Å². The van der Waals surface area contributed by atoms with E-state index >= 15 is 0 Å². The fourth-order valence-electron chi connectivity index (χ4n) is 2.59. The summed E-state index contributed by atoms with van der Waals surface area (Å²) in [4.78, 5) is 24.2. The van der Waals surface area contributed by atoms with E-state index in [0.717, 1.165) is 0 Å². The molecule has 1 amide bonds. The zero-order valence-electron chi connectivity index (χ0n) is 13.3. The summed E-state index contributed by atoms with van der Waals surface area (Å²) in [5.41, 5.74) is 1.19. The van der Waals surface area contributed by atoms with Gasteiger partial charge in [0.1, 0.15) is 12.4 Å². The molecule has 1 heterocycles. The van der Waals surface area contributed by atoms with Crippen molar-refractivity contribution in [2.75, 3.05) is 12.4 Å². The molecule has 0 saturated heterocycles. The van der Waals surface area contributed by atoms with Crippen LogP contribution in [0.15, 0.2) is 53.1 Å². The highest BCUT2D eigenvalue weighted by molar-refractivity contribution is 9.10. The van der Waals surface area contributed by atoms with Crippen molar-refractivity contribution in [1.82, 2.24) is 4.57 Å². The Kier molecular flexibility index (Phi) is 4.85. The van der Waals surface area contributed by atoms with Gasteiger partial charge in [-0.1, -0.05) is 34.1 Å². The number of methoxy groups -OCH3 is 1. The first-order valence-corrected chi connectivity index (χ1v) is 8.20. The quantitative estimate of drug-likeness (QED) is 0.669. The molecule has 0 aliphatic heterocycles. The van der Waals surface area contributed by atoms with E-state index in [0.29, 0.717) is 20.9 Å². The van der Waals surface area contributed by atoms with E-state index in [1.54, 1.807) is 35.0 Å². The van der Waals surface area contributed by atoms with Crippen LogP contribution in [0, 0.1) is 5.82 Å². The maximum atomic E-state index is 13.8. The van der Waals surface area contributed by atoms with Gasteiger partial charge in [-0.05, 0) is 24.3 Å². The molecule has 1 N–H and O–H groups in total. The van der Waals surface area contributed by atoms with Crippen LogP contribution >= 0.6 is 15.9 Å². The molecule has 0 atom stereocenters. The van der Waals surface area contributed by atoms with E-state index in [1.807, 2.05) is 6.07 Å². The molecule has 3 aromatic rings. The number of hydrogen-bond acceptors (Lipinski definition) is 3. The van der Waals surface area contributed by atoms with Gasteiger partial charge in [0.05, 0.1) is 18.4 Å². The number of carbonyl (C=O) groups is 2. The van der Waals surface area contributed by atoms with Gasteiger partial charge in [0.2, 0.25) is 5.91 Å². The summed E-state index contributed by atoms with van der Waals surface area (Å²) < 4.78 is 20.8. The number of para-hydroxylation sites is 1. The van der Waals surface area contributed by atoms with Crippen LogP contribution in [-0.4, -0.2) is 23.6 Å². The van der Waals surface area contributed by atoms with Crippen LogP contribution < -0.4 is 5.32 Å². The highest BCUT2D eigenvalue weighted by Crippen LogP contribution is 2.23. The van der Waals surface area contributed by atoms with Crippen LogP contribution in [0.1, 0.15) is 10.4 Å². The zero-order valence-corrected chi connectivity index (χ0v) is 14.8. The molecular formula is C18H14BrFN2O3. The first kappa shape index (κ1) is 17.2. The molecule has 3 rings (SSSR count). The topological polar surface area (TPSA) is 60.3 Å². The minimum absolute atomic E-state index is 0.0625. The third-order valence-corrected chi connectivity index (χ3v) is 4.21. The second-order valence-electron chi connectivity index (χ2n) is 5.35. The minimum Gasteiger partial charge on any atom is -0.465 e. The monoisotopic (exact) mass is 404 g/mol. The van der Waals surface area contributed by atoms with Crippen molar-refractivity contribution in [3.63, 3.8) is 0 Å². The number of ether oxygens (including phenoxy) is 1. The molecule has 128 valence electrons. The molecular weight excluding hydrogens is 391 g/mol. The van der Waals surface area contributed by atoms with E-state index in [9.17, 15) is 14.0 Å². The molecule has 0 unspecified atom stereocenters. The van der Waals surface area contributed by atoms with Gasteiger partial charge in [0.15, 0.2) is 0 Å². The number of halogens is 2. The zero-order chi connectivity index (χ0) is 18.0. The SMILES string of the molecule is COC(=O)c1cn(CC(=O)Nc2ccc(Br)cc2F)c2ccccc12. The summed E-state index contributed by atoms with van der Waals surface area (Å²) in [6, 6.07) is 11.6. The lowest BCUT2D eigenvalue weighted by atomic mass is 10.2. The molecule has 0 spiro atoms. The van der Waals surface area contributed by atoms with Crippen LogP contribution in [0.4, 0.5) is 10.1 Å². The van der Waals surface area contributed by atoms with Gasteiger partial charge >= 0.3 is 5.97 Å². The van der Waals surface area contributed by atoms with Gasteiger partial charge in [-0.2, -0.15) is 0 Å². The number of nitrogens with one attached hydrogen (secondary N) is 1. The third-order valence-electron chi connectivity index (χ3n) is 3.71. The fourth-order valence-corrected chi connectivity index (χ4v) is 2.92. The summed E-state index contributed by atoms with van der Waals surface area (Å²) in [5, 5.41) is 3.22. The van der Waals surface area contributed by atoms with E-state index < -0.39 is 17.7 Å². The van der Waals surface area contributed by atoms with Crippen LogP contribution in [0.5, 0.6) is 0 Å². The molecule has 1 aromatic heterocycles. The van der Waals surface area contributed by atoms with Crippen molar-refractivity contribution < 1.29 is 18.7 Å². The lowest BCUT2D eigenvalue weighted by molar-refractivity contribution is -0.116. The van der Waals surface area contributed by atoms with Crippen molar-refractivity contribution in [3.05, 3.63) is 64.5 Å². The maximum absolute atomic E-state index is 13.8. The van der Waals surface area contributed by atoms with E-state index in [-0.39, 0.29) is 12.2 Å². The number of hydrogen-bond donors (Lipinski definition) is 1. The number of anilines is 1. The largest absolute Gasteiger partial charge is 0.465 e. The van der Waals surface area contributed by atoms with Gasteiger partial charge in [-0.3, -0.25) is 4.79 Å². The Hall–Kier alpha value is -2.67. The van der Waals surface area contributed by atoms with Gasteiger partial charge < -0.3 is 14.6 Å². The van der Waals surface area contributed by atoms with E-state index in [2.05, 4.69) is 21.2 Å². The Morgan fingerprint density at radius 1 is 1.24 bits per heavy atom. The minimum atomic E-state index is -0.532. The molecule has 0 radical (unpaired) electrons. The predicted octanol–water partition coefficient (Wildman–Crippen LogP) is 3.97. The predicted molar refractivity (Wildman–Crippen MR) is 96.0 cm³/mol. The van der Waals surface area contributed by atoms with Gasteiger partial charge in [-0.25, -0.2) is 9.18 Å². The normalized spacial score (nSPS) is 10.7. The Morgan fingerprint density at radius 3 is 2.72 bits per heavy atom. The number of nitrogens with zero attached hydrogens (tertiary/aromatic N) is 1. The average molecular weight is 405 g/mol. The molecule has 0 fully saturated rings. The maximum Gasteiger partial charge on any atom is 0.340 e. The summed E-state index contributed by atoms with van der Waals surface area (Å²) in [6.45, 7) is -0.0625. The van der Waals surface area contributed by atoms with Crippen LogP contribution in [-0.2, 0) is 16.1 Å². The summed E-state index contributed by atoms with van der Waals surface area (Å²) in [5.74, 6) is -1.41. The van der Waals surface area contributed by atoms with Crippen molar-refractivity contribution >= 4 is 44.4 Å². The number of benzene rings is 2. The number of aromatic nitrogens is 1. The summed E-state index contributed by atoms with van der Waals surface area (Å²) >= 11 is 3.17. The number of amides is 1. The summed E-state index contributed by atoms with van der Waals surface area (Å²) in [7, 11) is 1.30. The Bertz CT molecular complexity index is 968. The van der Waals surface area contributed by atoms with Crippen molar-refractivity contribution in [3.8, 4) is 0 Å². The molecule has 25 heavy (non-hydrogen) atoms. The fraction of sp³-hybridized carbons (Fsp3) is 0.111. The van der Waals surface area contributed by atoms with E-state index in [4.69, 9.17) is 4.74 Å². The number of rotatable bonds is 4. The molecule has 0 aliphatic carbocycles. The van der Waals surface area contributed by atoms with Gasteiger partial charge in [0, 0.05) is 21.6 Å². The summed E-state index contributed by atoms with van der Waals surface area (Å²) in [6.07, 6.45) is 1.56. The van der Waals surface area contributed by atoms with Gasteiger partial charge in [0.25, 0.3) is 0 Å². The smallest absolute Gasteiger partial charge is 0.340 e. The van der Waals surface area contributed by atoms with E-state index in [1.165, 1.54) is 19.2 Å². The first-order chi connectivity index (χ1) is 12.0. The molecule has 7 heteroatoms.